The van der Waals surface area contributed by atoms with Gasteiger partial charge in [-0.05, 0) is 48.9 Å². The van der Waals surface area contributed by atoms with Crippen LogP contribution in [-0.4, -0.2) is 50.8 Å². The summed E-state index contributed by atoms with van der Waals surface area (Å²) in [5.74, 6) is 3.14. The largest absolute Gasteiger partial charge is 0.495 e. The topological polar surface area (TPSA) is 71.0 Å². The molecule has 1 aromatic carbocycles. The van der Waals surface area contributed by atoms with Crippen LogP contribution >= 0.6 is 24.0 Å². The number of aromatic nitrogens is 1. The van der Waals surface area contributed by atoms with Gasteiger partial charge < -0.3 is 25.0 Å². The number of hydrogen-bond acceptors (Lipinski definition) is 5. The van der Waals surface area contributed by atoms with Crippen molar-refractivity contribution in [3.05, 3.63) is 48.2 Å². The van der Waals surface area contributed by atoms with E-state index in [0.717, 1.165) is 55.0 Å². The molecule has 7 nitrogen and oxygen atoms in total. The summed E-state index contributed by atoms with van der Waals surface area (Å²) in [7, 11) is 3.52. The Kier molecular flexibility index (Phi) is 8.62. The minimum absolute atomic E-state index is 0. The van der Waals surface area contributed by atoms with E-state index in [1.165, 1.54) is 12.8 Å². The molecule has 4 rings (SSSR count). The molecule has 2 aromatic rings. The number of ether oxygens (including phenoxy) is 2. The van der Waals surface area contributed by atoms with Gasteiger partial charge in [0, 0.05) is 45.0 Å². The number of nitrogens with zero attached hydrogens (tertiary/aromatic N) is 3. The Balaban J connectivity index is 0.00000272. The molecular weight excluding hydrogens is 505 g/mol. The Morgan fingerprint density at radius 2 is 2.06 bits per heavy atom. The molecule has 0 radical (unpaired) electrons. The zero-order valence-corrected chi connectivity index (χ0v) is 20.5. The maximum atomic E-state index is 5.78. The molecule has 0 amide bonds. The van der Waals surface area contributed by atoms with Gasteiger partial charge in [-0.2, -0.15) is 0 Å². The maximum absolute atomic E-state index is 5.78. The average molecular weight is 537 g/mol. The summed E-state index contributed by atoms with van der Waals surface area (Å²) in [6.07, 6.45) is 5.41. The monoisotopic (exact) mass is 537 g/mol. The van der Waals surface area contributed by atoms with Crippen molar-refractivity contribution >= 4 is 35.6 Å². The van der Waals surface area contributed by atoms with E-state index >= 15 is 0 Å². The summed E-state index contributed by atoms with van der Waals surface area (Å²) in [5, 5.41) is 6.95. The predicted molar refractivity (Wildman–Crippen MR) is 135 cm³/mol. The van der Waals surface area contributed by atoms with E-state index < -0.39 is 0 Å². The molecule has 1 saturated heterocycles. The van der Waals surface area contributed by atoms with Crippen LogP contribution in [0.2, 0.25) is 0 Å². The normalized spacial score (nSPS) is 18.3. The molecule has 2 aliphatic rings. The van der Waals surface area contributed by atoms with E-state index in [0.29, 0.717) is 18.5 Å². The van der Waals surface area contributed by atoms with E-state index in [4.69, 9.17) is 9.47 Å². The Morgan fingerprint density at radius 3 is 2.84 bits per heavy atom. The third kappa shape index (κ3) is 6.62. The lowest BCUT2D eigenvalue weighted by Crippen LogP contribution is -2.44. The van der Waals surface area contributed by atoms with Crippen LogP contribution in [0.5, 0.6) is 11.6 Å². The van der Waals surface area contributed by atoms with Gasteiger partial charge in [0.15, 0.2) is 5.96 Å². The van der Waals surface area contributed by atoms with Gasteiger partial charge in [-0.1, -0.05) is 12.1 Å². The number of nitrogens with one attached hydrogen (secondary N) is 2. The van der Waals surface area contributed by atoms with Crippen LogP contribution in [0, 0.1) is 5.92 Å². The van der Waals surface area contributed by atoms with Crippen molar-refractivity contribution in [1.29, 1.82) is 0 Å². The summed E-state index contributed by atoms with van der Waals surface area (Å²) >= 11 is 0. The molecule has 1 atom stereocenters. The van der Waals surface area contributed by atoms with Gasteiger partial charge in [0.2, 0.25) is 5.88 Å². The predicted octanol–water partition coefficient (Wildman–Crippen LogP) is 3.44. The summed E-state index contributed by atoms with van der Waals surface area (Å²) in [4.78, 5) is 11.1. The number of methoxy groups -OCH3 is 1. The van der Waals surface area contributed by atoms with Crippen LogP contribution in [0.25, 0.3) is 0 Å². The minimum Gasteiger partial charge on any atom is -0.495 e. The molecule has 2 N–H and O–H groups in total. The lowest BCUT2D eigenvalue weighted by atomic mass is 10.2. The standard InChI is InChI=1S/C23H31N5O2.HI/c1-24-23(26-14-18-9-11-25-22(13-18)30-16-17-7-8-17)27-19-10-12-28(15-19)20-5-3-4-6-21(20)29-2;/h3-6,9,11,13,17,19H,7-8,10,12,14-16H2,1-2H3,(H2,24,26,27);1H. The van der Waals surface area contributed by atoms with Gasteiger partial charge in [0.25, 0.3) is 0 Å². The Labute approximate surface area is 201 Å². The molecule has 0 bridgehead atoms. The molecule has 1 saturated carbocycles. The lowest BCUT2D eigenvalue weighted by Gasteiger charge is -2.22. The second-order valence-corrected chi connectivity index (χ2v) is 7.93. The fourth-order valence-corrected chi connectivity index (χ4v) is 3.69. The van der Waals surface area contributed by atoms with Gasteiger partial charge in [0.1, 0.15) is 5.75 Å². The number of benzene rings is 1. The number of halogens is 1. The number of anilines is 1. The second kappa shape index (κ2) is 11.4. The van der Waals surface area contributed by atoms with Crippen molar-refractivity contribution in [3.63, 3.8) is 0 Å². The molecule has 1 aromatic heterocycles. The molecule has 2 fully saturated rings. The zero-order chi connectivity index (χ0) is 20.8. The summed E-state index contributed by atoms with van der Waals surface area (Å²) in [6.45, 7) is 3.35. The number of pyridine rings is 1. The Morgan fingerprint density at radius 1 is 1.23 bits per heavy atom. The van der Waals surface area contributed by atoms with Gasteiger partial charge in [-0.3, -0.25) is 4.99 Å². The number of hydrogen-bond donors (Lipinski definition) is 2. The smallest absolute Gasteiger partial charge is 0.213 e. The molecule has 1 aliphatic carbocycles. The molecule has 2 heterocycles. The molecule has 168 valence electrons. The molecule has 8 heteroatoms. The molecule has 0 spiro atoms. The highest BCUT2D eigenvalue weighted by molar-refractivity contribution is 14.0. The number of rotatable bonds is 8. The maximum Gasteiger partial charge on any atom is 0.213 e. The molecule has 1 aliphatic heterocycles. The van der Waals surface area contributed by atoms with Crippen molar-refractivity contribution in [1.82, 2.24) is 15.6 Å². The molecular formula is C23H32IN5O2. The van der Waals surface area contributed by atoms with Crippen molar-refractivity contribution in [2.75, 3.05) is 38.8 Å². The van der Waals surface area contributed by atoms with Crippen LogP contribution in [0.3, 0.4) is 0 Å². The fourth-order valence-electron chi connectivity index (χ4n) is 3.69. The first-order valence-corrected chi connectivity index (χ1v) is 10.7. The Bertz CT molecular complexity index is 875. The third-order valence-electron chi connectivity index (χ3n) is 5.60. The second-order valence-electron chi connectivity index (χ2n) is 7.93. The quantitative estimate of drug-likeness (QED) is 0.306. The van der Waals surface area contributed by atoms with Crippen molar-refractivity contribution in [2.24, 2.45) is 10.9 Å². The molecule has 1 unspecified atom stereocenters. The highest BCUT2D eigenvalue weighted by Gasteiger charge is 2.25. The average Bonchev–Trinajstić information content (AvgIpc) is 3.51. The first kappa shape index (κ1) is 23.4. The summed E-state index contributed by atoms with van der Waals surface area (Å²) < 4.78 is 11.3. The van der Waals surface area contributed by atoms with E-state index in [9.17, 15) is 0 Å². The van der Waals surface area contributed by atoms with Crippen LogP contribution in [0.1, 0.15) is 24.8 Å². The summed E-state index contributed by atoms with van der Waals surface area (Å²) in [5.41, 5.74) is 2.27. The van der Waals surface area contributed by atoms with Crippen molar-refractivity contribution in [3.8, 4) is 11.6 Å². The van der Waals surface area contributed by atoms with Crippen LogP contribution in [0.15, 0.2) is 47.6 Å². The number of guanidine groups is 1. The lowest BCUT2D eigenvalue weighted by molar-refractivity contribution is 0.288. The zero-order valence-electron chi connectivity index (χ0n) is 18.2. The highest BCUT2D eigenvalue weighted by atomic mass is 127. The summed E-state index contributed by atoms with van der Waals surface area (Å²) in [6, 6.07) is 12.5. The van der Waals surface area contributed by atoms with Crippen LogP contribution < -0.4 is 25.0 Å². The first-order chi connectivity index (χ1) is 14.7. The van der Waals surface area contributed by atoms with Gasteiger partial charge in [-0.25, -0.2) is 4.98 Å². The van der Waals surface area contributed by atoms with Gasteiger partial charge in [-0.15, -0.1) is 24.0 Å². The first-order valence-electron chi connectivity index (χ1n) is 10.7. The SMILES string of the molecule is CN=C(NCc1ccnc(OCC2CC2)c1)NC1CCN(c2ccccc2OC)C1.I. The highest BCUT2D eigenvalue weighted by Crippen LogP contribution is 2.30. The van der Waals surface area contributed by atoms with E-state index in [2.05, 4.69) is 37.6 Å². The number of aliphatic imine (C=N–C) groups is 1. The number of para-hydroxylation sites is 2. The van der Waals surface area contributed by atoms with E-state index in [-0.39, 0.29) is 24.0 Å². The fraction of sp³-hybridized carbons (Fsp3) is 0.478. The Hall–Kier alpha value is -2.23. The third-order valence-corrected chi connectivity index (χ3v) is 5.60. The molecule has 31 heavy (non-hydrogen) atoms. The minimum atomic E-state index is 0. The van der Waals surface area contributed by atoms with Crippen molar-refractivity contribution < 1.29 is 9.47 Å². The van der Waals surface area contributed by atoms with E-state index in [1.807, 2.05) is 24.3 Å². The van der Waals surface area contributed by atoms with Gasteiger partial charge in [0.05, 0.1) is 19.4 Å². The van der Waals surface area contributed by atoms with Crippen LogP contribution in [0.4, 0.5) is 5.69 Å². The van der Waals surface area contributed by atoms with Gasteiger partial charge >= 0.3 is 0 Å². The van der Waals surface area contributed by atoms with E-state index in [1.54, 1.807) is 20.4 Å². The van der Waals surface area contributed by atoms with Crippen molar-refractivity contribution in [2.45, 2.75) is 31.8 Å². The van der Waals surface area contributed by atoms with Crippen LogP contribution in [-0.2, 0) is 6.54 Å².